The molecule has 1 aromatic carbocycles. The van der Waals surface area contributed by atoms with Crippen molar-refractivity contribution in [3.05, 3.63) is 56.7 Å². The van der Waals surface area contributed by atoms with Crippen LogP contribution >= 0.6 is 0 Å². The Labute approximate surface area is 176 Å². The van der Waals surface area contributed by atoms with Crippen molar-refractivity contribution in [2.45, 2.75) is 52.1 Å². The van der Waals surface area contributed by atoms with Gasteiger partial charge in [0, 0.05) is 6.54 Å². The van der Waals surface area contributed by atoms with Crippen molar-refractivity contribution in [1.29, 1.82) is 0 Å². The third-order valence-electron chi connectivity index (χ3n) is 5.51. The maximum absolute atomic E-state index is 13.3. The number of aromatic amines is 1. The first-order chi connectivity index (χ1) is 14.5. The van der Waals surface area contributed by atoms with Gasteiger partial charge in [-0.3, -0.25) is 28.9 Å². The summed E-state index contributed by atoms with van der Waals surface area (Å²) in [7, 11) is 0. The van der Waals surface area contributed by atoms with Crippen molar-refractivity contribution >= 4 is 17.4 Å². The Morgan fingerprint density at radius 2 is 1.83 bits per heavy atom. The predicted molar refractivity (Wildman–Crippen MR) is 119 cm³/mol. The molecule has 1 aliphatic rings. The van der Waals surface area contributed by atoms with E-state index < -0.39 is 11.2 Å². The smallest absolute Gasteiger partial charge is 0.330 e. The number of hydrogen-bond donors (Lipinski definition) is 2. The molecule has 0 radical (unpaired) electrons. The van der Waals surface area contributed by atoms with E-state index in [1.807, 2.05) is 37.3 Å². The molecule has 1 saturated heterocycles. The number of carbonyl (C=O) groups is 1. The lowest BCUT2D eigenvalue weighted by Crippen LogP contribution is -2.45. The number of piperidine rings is 1. The molecule has 30 heavy (non-hydrogen) atoms. The van der Waals surface area contributed by atoms with Crippen LogP contribution in [-0.2, 0) is 17.9 Å². The number of unbranched alkanes of at least 4 members (excludes halogenated alkanes) is 1. The van der Waals surface area contributed by atoms with Crippen LogP contribution in [0.2, 0.25) is 0 Å². The molecule has 0 atom stereocenters. The van der Waals surface area contributed by atoms with Gasteiger partial charge in [0.15, 0.2) is 5.69 Å². The third-order valence-corrected chi connectivity index (χ3v) is 5.51. The Morgan fingerprint density at radius 3 is 2.50 bits per heavy atom. The van der Waals surface area contributed by atoms with Crippen LogP contribution in [0.5, 0.6) is 0 Å². The summed E-state index contributed by atoms with van der Waals surface area (Å²) in [4.78, 5) is 44.3. The first-order valence-corrected chi connectivity index (χ1v) is 10.7. The summed E-state index contributed by atoms with van der Waals surface area (Å²) < 4.78 is 1.35. The predicted octanol–water partition coefficient (Wildman–Crippen LogP) is 1.94. The van der Waals surface area contributed by atoms with Gasteiger partial charge in [-0.2, -0.15) is 0 Å². The molecule has 162 valence electrons. The first-order valence-electron chi connectivity index (χ1n) is 10.7. The van der Waals surface area contributed by atoms with Gasteiger partial charge in [0.25, 0.3) is 5.56 Å². The molecule has 0 spiro atoms. The van der Waals surface area contributed by atoms with Gasteiger partial charge >= 0.3 is 5.69 Å². The summed E-state index contributed by atoms with van der Waals surface area (Å²) in [5.41, 5.74) is 6.05. The van der Waals surface area contributed by atoms with E-state index in [2.05, 4.69) is 9.88 Å². The van der Waals surface area contributed by atoms with Crippen LogP contribution in [0.25, 0.3) is 0 Å². The summed E-state index contributed by atoms with van der Waals surface area (Å²) in [6.45, 7) is 4.58. The standard InChI is InChI=1S/C22H31N5O3/c1-2-3-14-26-20(23)19(21(29)24-22(26)30)27(15-17-10-6-4-7-11-17)18(28)16-25-12-8-5-9-13-25/h4,6-7,10-11H,2-3,5,8-9,12-16,23H2,1H3,(H,24,29,30). The fraction of sp³-hybridized carbons (Fsp3) is 0.500. The highest BCUT2D eigenvalue weighted by molar-refractivity contribution is 5.96. The number of nitrogens with one attached hydrogen (secondary N) is 1. The van der Waals surface area contributed by atoms with E-state index in [4.69, 9.17) is 5.73 Å². The molecule has 8 heteroatoms. The van der Waals surface area contributed by atoms with Gasteiger partial charge < -0.3 is 5.73 Å². The lowest BCUT2D eigenvalue weighted by molar-refractivity contribution is -0.120. The molecule has 1 aliphatic heterocycles. The lowest BCUT2D eigenvalue weighted by atomic mass is 10.1. The fourth-order valence-corrected chi connectivity index (χ4v) is 3.83. The van der Waals surface area contributed by atoms with E-state index in [-0.39, 0.29) is 30.5 Å². The number of anilines is 2. The molecular formula is C22H31N5O3. The van der Waals surface area contributed by atoms with E-state index in [0.717, 1.165) is 44.3 Å². The minimum atomic E-state index is -0.631. The Morgan fingerprint density at radius 1 is 1.13 bits per heavy atom. The maximum Gasteiger partial charge on any atom is 0.330 e. The minimum Gasteiger partial charge on any atom is -0.383 e. The van der Waals surface area contributed by atoms with Crippen LogP contribution < -0.4 is 21.9 Å². The van der Waals surface area contributed by atoms with Crippen LogP contribution in [0.3, 0.4) is 0 Å². The van der Waals surface area contributed by atoms with E-state index in [1.165, 1.54) is 15.9 Å². The van der Waals surface area contributed by atoms with Crippen molar-refractivity contribution < 1.29 is 4.79 Å². The van der Waals surface area contributed by atoms with Gasteiger partial charge in [-0.1, -0.05) is 50.1 Å². The number of rotatable bonds is 8. The molecule has 0 bridgehead atoms. The fourth-order valence-electron chi connectivity index (χ4n) is 3.83. The third kappa shape index (κ3) is 5.18. The number of nitrogens with zero attached hydrogens (tertiary/aromatic N) is 3. The highest BCUT2D eigenvalue weighted by Crippen LogP contribution is 2.21. The van der Waals surface area contributed by atoms with Crippen molar-refractivity contribution in [1.82, 2.24) is 14.5 Å². The number of carbonyl (C=O) groups excluding carboxylic acids is 1. The molecule has 3 N–H and O–H groups in total. The summed E-state index contributed by atoms with van der Waals surface area (Å²) in [5.74, 6) is -0.154. The molecule has 8 nitrogen and oxygen atoms in total. The molecule has 0 aliphatic carbocycles. The number of amides is 1. The summed E-state index contributed by atoms with van der Waals surface area (Å²) in [5, 5.41) is 0. The minimum absolute atomic E-state index is 0.0418. The van der Waals surface area contributed by atoms with Crippen LogP contribution in [0, 0.1) is 0 Å². The quantitative estimate of drug-likeness (QED) is 0.688. The summed E-state index contributed by atoms with van der Waals surface area (Å²) in [6, 6.07) is 9.48. The molecule has 1 amide bonds. The van der Waals surface area contributed by atoms with E-state index in [0.29, 0.717) is 6.54 Å². The Kier molecular flexibility index (Phi) is 7.46. The number of nitrogens with two attached hydrogens (primary N) is 1. The van der Waals surface area contributed by atoms with Crippen molar-refractivity contribution in [2.24, 2.45) is 0 Å². The second-order valence-electron chi connectivity index (χ2n) is 7.80. The molecule has 2 aromatic rings. The number of likely N-dealkylation sites (tertiary alicyclic amines) is 1. The molecule has 3 rings (SSSR count). The Bertz CT molecular complexity index is 961. The topological polar surface area (TPSA) is 104 Å². The Hall–Kier alpha value is -2.87. The number of nitrogen functional groups attached to an aromatic ring is 1. The van der Waals surface area contributed by atoms with Crippen molar-refractivity contribution in [2.75, 3.05) is 30.3 Å². The zero-order valence-corrected chi connectivity index (χ0v) is 17.6. The molecular weight excluding hydrogens is 382 g/mol. The SMILES string of the molecule is CCCCn1c(N)c(N(Cc2ccccc2)C(=O)CN2CCCCC2)c(=O)[nH]c1=O. The van der Waals surface area contributed by atoms with Crippen LogP contribution in [0.1, 0.15) is 44.6 Å². The van der Waals surface area contributed by atoms with Crippen LogP contribution in [0.15, 0.2) is 39.9 Å². The highest BCUT2D eigenvalue weighted by Gasteiger charge is 2.26. The number of hydrogen-bond acceptors (Lipinski definition) is 5. The molecule has 2 heterocycles. The maximum atomic E-state index is 13.3. The second-order valence-corrected chi connectivity index (χ2v) is 7.80. The van der Waals surface area contributed by atoms with E-state index in [1.54, 1.807) is 0 Å². The van der Waals surface area contributed by atoms with Crippen LogP contribution in [0.4, 0.5) is 11.5 Å². The summed E-state index contributed by atoms with van der Waals surface area (Å²) in [6.07, 6.45) is 4.93. The second kappa shape index (κ2) is 10.2. The van der Waals surface area contributed by atoms with E-state index >= 15 is 0 Å². The number of aromatic nitrogens is 2. The van der Waals surface area contributed by atoms with Crippen molar-refractivity contribution in [3.8, 4) is 0 Å². The van der Waals surface area contributed by atoms with Gasteiger partial charge in [-0.25, -0.2) is 4.79 Å². The van der Waals surface area contributed by atoms with E-state index in [9.17, 15) is 14.4 Å². The first kappa shape index (κ1) is 21.8. The lowest BCUT2D eigenvalue weighted by Gasteiger charge is -2.30. The van der Waals surface area contributed by atoms with Gasteiger partial charge in [-0.15, -0.1) is 0 Å². The average molecular weight is 414 g/mol. The monoisotopic (exact) mass is 413 g/mol. The van der Waals surface area contributed by atoms with Crippen LogP contribution in [-0.4, -0.2) is 40.0 Å². The molecule has 1 aromatic heterocycles. The largest absolute Gasteiger partial charge is 0.383 e. The van der Waals surface area contributed by atoms with Gasteiger partial charge in [0.1, 0.15) is 5.82 Å². The highest BCUT2D eigenvalue weighted by atomic mass is 16.2. The zero-order valence-electron chi connectivity index (χ0n) is 17.6. The molecule has 0 saturated carbocycles. The molecule has 1 fully saturated rings. The zero-order chi connectivity index (χ0) is 21.5. The molecule has 0 unspecified atom stereocenters. The van der Waals surface area contributed by atoms with Gasteiger partial charge in [0.05, 0.1) is 13.1 Å². The normalized spacial score (nSPS) is 14.6. The Balaban J connectivity index is 1.99. The number of benzene rings is 1. The van der Waals surface area contributed by atoms with Gasteiger partial charge in [0.2, 0.25) is 5.91 Å². The van der Waals surface area contributed by atoms with Crippen molar-refractivity contribution in [3.63, 3.8) is 0 Å². The summed E-state index contributed by atoms with van der Waals surface area (Å²) >= 11 is 0. The number of H-pyrrole nitrogens is 1. The van der Waals surface area contributed by atoms with Gasteiger partial charge in [-0.05, 0) is 37.9 Å². The average Bonchev–Trinajstić information content (AvgIpc) is 2.74.